The highest BCUT2D eigenvalue weighted by Gasteiger charge is 2.22. The van der Waals surface area contributed by atoms with Crippen molar-refractivity contribution >= 4 is 11.6 Å². The van der Waals surface area contributed by atoms with Crippen molar-refractivity contribution in [1.82, 2.24) is 15.2 Å². The average Bonchev–Trinajstić information content (AvgIpc) is 2.81. The number of rotatable bonds is 6. The van der Waals surface area contributed by atoms with E-state index >= 15 is 0 Å². The Labute approximate surface area is 126 Å². The fourth-order valence-corrected chi connectivity index (χ4v) is 2.55. The van der Waals surface area contributed by atoms with Gasteiger partial charge in [-0.25, -0.2) is 8.78 Å². The zero-order chi connectivity index (χ0) is 15.4. The Hall–Kier alpha value is -1.50. The van der Waals surface area contributed by atoms with E-state index in [9.17, 15) is 8.78 Å². The Bertz CT molecular complexity index is 595. The van der Waals surface area contributed by atoms with Crippen molar-refractivity contribution in [3.05, 3.63) is 52.3 Å². The minimum atomic E-state index is -0.604. The van der Waals surface area contributed by atoms with Crippen LogP contribution in [0.2, 0.25) is 5.02 Å². The predicted molar refractivity (Wildman–Crippen MR) is 77.7 cm³/mol. The highest BCUT2D eigenvalue weighted by Crippen LogP contribution is 2.27. The van der Waals surface area contributed by atoms with Crippen molar-refractivity contribution in [3.63, 3.8) is 0 Å². The first-order chi connectivity index (χ1) is 10.1. The molecule has 1 unspecified atom stereocenters. The van der Waals surface area contributed by atoms with E-state index in [2.05, 4.69) is 10.5 Å². The fourth-order valence-electron chi connectivity index (χ4n) is 2.27. The summed E-state index contributed by atoms with van der Waals surface area (Å²) in [5, 5.41) is 4.58. The number of hydrogen-bond donors (Lipinski definition) is 2. The van der Waals surface area contributed by atoms with Crippen molar-refractivity contribution in [2.24, 2.45) is 5.84 Å². The molecular weight excluding hydrogens is 298 g/mol. The molecule has 1 heterocycles. The number of halogens is 3. The van der Waals surface area contributed by atoms with Crippen LogP contribution in [0.25, 0.3) is 0 Å². The summed E-state index contributed by atoms with van der Waals surface area (Å²) in [5.41, 5.74) is 3.17. The van der Waals surface area contributed by atoms with Gasteiger partial charge in [-0.05, 0) is 18.6 Å². The number of aryl methyl sites for hydroxylation is 1. The molecule has 4 nitrogen and oxygen atoms in total. The van der Waals surface area contributed by atoms with Crippen LogP contribution in [0.1, 0.15) is 30.6 Å². The molecule has 0 aliphatic heterocycles. The monoisotopic (exact) mass is 314 g/mol. The Morgan fingerprint density at radius 3 is 2.62 bits per heavy atom. The van der Waals surface area contributed by atoms with Gasteiger partial charge in [-0.15, -0.1) is 0 Å². The zero-order valence-electron chi connectivity index (χ0n) is 11.6. The molecule has 0 spiro atoms. The van der Waals surface area contributed by atoms with Crippen molar-refractivity contribution in [2.45, 2.75) is 32.4 Å². The summed E-state index contributed by atoms with van der Waals surface area (Å²) in [4.78, 5) is 0. The molecule has 0 bridgehead atoms. The highest BCUT2D eigenvalue weighted by atomic mass is 35.5. The summed E-state index contributed by atoms with van der Waals surface area (Å²) in [6, 6.07) is 3.24. The van der Waals surface area contributed by atoms with Crippen LogP contribution in [0.4, 0.5) is 8.78 Å². The van der Waals surface area contributed by atoms with Crippen molar-refractivity contribution in [3.8, 4) is 0 Å². The Balaban J connectivity index is 2.35. The van der Waals surface area contributed by atoms with E-state index in [1.165, 1.54) is 24.4 Å². The Morgan fingerprint density at radius 2 is 2.05 bits per heavy atom. The number of nitrogens with zero attached hydrogens (tertiary/aromatic N) is 2. The third-order valence-electron chi connectivity index (χ3n) is 3.27. The second kappa shape index (κ2) is 6.98. The summed E-state index contributed by atoms with van der Waals surface area (Å²) < 4.78 is 29.2. The second-order valence-corrected chi connectivity index (χ2v) is 5.13. The second-order valence-electron chi connectivity index (χ2n) is 4.72. The van der Waals surface area contributed by atoms with Crippen molar-refractivity contribution in [1.29, 1.82) is 0 Å². The number of hydrazine groups is 1. The quantitative estimate of drug-likeness (QED) is 0.636. The third-order valence-corrected chi connectivity index (χ3v) is 3.56. The lowest BCUT2D eigenvalue weighted by Crippen LogP contribution is -2.32. The normalized spacial score (nSPS) is 12.6. The standard InChI is InChI=1S/C14H17ClF2N4/c1-2-6-21-14(10(15)8-19-21)13(20-18)7-9-11(16)4-3-5-12(9)17/h3-5,8,13,20H,2,6-7,18H2,1H3. The smallest absolute Gasteiger partial charge is 0.129 e. The van der Waals surface area contributed by atoms with Gasteiger partial charge in [0.05, 0.1) is 23.0 Å². The number of nitrogens with one attached hydrogen (secondary N) is 1. The topological polar surface area (TPSA) is 55.9 Å². The number of aromatic nitrogens is 2. The largest absolute Gasteiger partial charge is 0.271 e. The summed E-state index contributed by atoms with van der Waals surface area (Å²) in [5.74, 6) is 4.34. The lowest BCUT2D eigenvalue weighted by atomic mass is 10.0. The summed E-state index contributed by atoms with van der Waals surface area (Å²) in [6.45, 7) is 2.65. The molecule has 2 aromatic rings. The van der Waals surface area contributed by atoms with E-state index in [0.29, 0.717) is 17.3 Å². The van der Waals surface area contributed by atoms with Gasteiger partial charge < -0.3 is 0 Å². The lowest BCUT2D eigenvalue weighted by Gasteiger charge is -2.19. The molecule has 1 aromatic carbocycles. The summed E-state index contributed by atoms with van der Waals surface area (Å²) >= 11 is 6.13. The van der Waals surface area contributed by atoms with Crippen molar-refractivity contribution in [2.75, 3.05) is 0 Å². The maximum Gasteiger partial charge on any atom is 0.129 e. The van der Waals surface area contributed by atoms with Gasteiger partial charge in [0, 0.05) is 18.5 Å². The molecule has 1 aromatic heterocycles. The minimum Gasteiger partial charge on any atom is -0.271 e. The molecule has 7 heteroatoms. The van der Waals surface area contributed by atoms with Crippen LogP contribution in [-0.4, -0.2) is 9.78 Å². The third kappa shape index (κ3) is 3.40. The molecule has 0 saturated heterocycles. The van der Waals surface area contributed by atoms with E-state index in [-0.39, 0.29) is 12.0 Å². The maximum atomic E-state index is 13.8. The van der Waals surface area contributed by atoms with Crippen LogP contribution in [-0.2, 0) is 13.0 Å². The molecule has 0 amide bonds. The van der Waals surface area contributed by atoms with E-state index in [1.54, 1.807) is 4.68 Å². The van der Waals surface area contributed by atoms with Crippen LogP contribution < -0.4 is 11.3 Å². The van der Waals surface area contributed by atoms with Gasteiger partial charge in [0.25, 0.3) is 0 Å². The molecule has 1 atom stereocenters. The first-order valence-electron chi connectivity index (χ1n) is 6.68. The van der Waals surface area contributed by atoms with Gasteiger partial charge in [0.1, 0.15) is 11.6 Å². The maximum absolute atomic E-state index is 13.8. The van der Waals surface area contributed by atoms with Crippen molar-refractivity contribution < 1.29 is 8.78 Å². The van der Waals surface area contributed by atoms with Crippen LogP contribution in [0, 0.1) is 11.6 Å². The molecule has 0 radical (unpaired) electrons. The molecular formula is C14H17ClF2N4. The van der Waals surface area contributed by atoms with E-state index in [0.717, 1.165) is 6.42 Å². The Morgan fingerprint density at radius 1 is 1.38 bits per heavy atom. The SMILES string of the molecule is CCCn1ncc(Cl)c1C(Cc1c(F)cccc1F)NN. The number of benzene rings is 1. The molecule has 0 saturated carbocycles. The van der Waals surface area contributed by atoms with Gasteiger partial charge in [-0.2, -0.15) is 5.10 Å². The fraction of sp³-hybridized carbons (Fsp3) is 0.357. The van der Waals surface area contributed by atoms with E-state index in [4.69, 9.17) is 17.4 Å². The first-order valence-corrected chi connectivity index (χ1v) is 7.06. The van der Waals surface area contributed by atoms with Gasteiger partial charge >= 0.3 is 0 Å². The van der Waals surface area contributed by atoms with E-state index < -0.39 is 17.7 Å². The molecule has 3 N–H and O–H groups in total. The summed E-state index contributed by atoms with van der Waals surface area (Å²) in [6.07, 6.45) is 2.41. The zero-order valence-corrected chi connectivity index (χ0v) is 12.4. The van der Waals surface area contributed by atoms with Crippen LogP contribution in [0.3, 0.4) is 0 Å². The minimum absolute atomic E-state index is 0.0271. The van der Waals surface area contributed by atoms with Gasteiger partial charge in [0.15, 0.2) is 0 Å². The average molecular weight is 315 g/mol. The van der Waals surface area contributed by atoms with Crippen LogP contribution >= 0.6 is 11.6 Å². The highest BCUT2D eigenvalue weighted by molar-refractivity contribution is 6.31. The Kier molecular flexibility index (Phi) is 5.27. The molecule has 2 rings (SSSR count). The lowest BCUT2D eigenvalue weighted by molar-refractivity contribution is 0.459. The summed E-state index contributed by atoms with van der Waals surface area (Å²) in [7, 11) is 0. The van der Waals surface area contributed by atoms with Crippen LogP contribution in [0.15, 0.2) is 24.4 Å². The van der Waals surface area contributed by atoms with Gasteiger partial charge in [0.2, 0.25) is 0 Å². The molecule has 21 heavy (non-hydrogen) atoms. The van der Waals surface area contributed by atoms with Gasteiger partial charge in [-0.3, -0.25) is 16.0 Å². The molecule has 0 aliphatic carbocycles. The first kappa shape index (κ1) is 15.9. The van der Waals surface area contributed by atoms with Gasteiger partial charge in [-0.1, -0.05) is 24.6 Å². The van der Waals surface area contributed by atoms with E-state index in [1.807, 2.05) is 6.92 Å². The van der Waals surface area contributed by atoms with Crippen LogP contribution in [0.5, 0.6) is 0 Å². The molecule has 114 valence electrons. The predicted octanol–water partition coefficient (Wildman–Crippen LogP) is 2.97. The molecule has 0 fully saturated rings. The molecule has 0 aliphatic rings. The number of hydrogen-bond acceptors (Lipinski definition) is 3. The number of nitrogens with two attached hydrogens (primary N) is 1.